The molecular weight excluding hydrogens is 448 g/mol. The standard InChI is InChI=1S/C20H19ClN2O7S/c1-20(2,3)19(27)30-13-6-4-11(5-7-13)17-14(18(26)22-10-16(24)25)8-12(21)9-15(17)23-31(28)29/h4-9H,10H2,1-3H3,(H,22,26)(H,24,25). The third kappa shape index (κ3) is 6.63. The van der Waals surface area contributed by atoms with Gasteiger partial charge < -0.3 is 15.2 Å². The van der Waals surface area contributed by atoms with Crippen molar-refractivity contribution in [1.29, 1.82) is 0 Å². The molecule has 0 unspecified atom stereocenters. The molecule has 31 heavy (non-hydrogen) atoms. The number of halogens is 1. The molecule has 0 bridgehead atoms. The first kappa shape index (κ1) is 24.0. The second-order valence-electron chi connectivity index (χ2n) is 7.40. The molecule has 2 aromatic rings. The smallest absolute Gasteiger partial charge is 0.322 e. The van der Waals surface area contributed by atoms with Crippen molar-refractivity contribution in [1.82, 2.24) is 5.32 Å². The monoisotopic (exact) mass is 466 g/mol. The maximum absolute atomic E-state index is 12.6. The number of benzene rings is 2. The summed E-state index contributed by atoms with van der Waals surface area (Å²) in [7, 11) is -2.84. The fraction of sp³-hybridized carbons (Fsp3) is 0.250. The average Bonchev–Trinajstić information content (AvgIpc) is 2.65. The highest BCUT2D eigenvalue weighted by Crippen LogP contribution is 2.37. The molecule has 164 valence electrons. The van der Waals surface area contributed by atoms with Crippen LogP contribution in [0.2, 0.25) is 5.02 Å². The quantitative estimate of drug-likeness (QED) is 0.490. The van der Waals surface area contributed by atoms with Gasteiger partial charge in [0, 0.05) is 10.6 Å². The number of hydrogen-bond acceptors (Lipinski definition) is 7. The van der Waals surface area contributed by atoms with Crippen molar-refractivity contribution >= 4 is 45.6 Å². The van der Waals surface area contributed by atoms with Crippen molar-refractivity contribution in [2.75, 3.05) is 6.54 Å². The molecule has 0 radical (unpaired) electrons. The number of hydrogen-bond donors (Lipinski definition) is 2. The normalized spacial score (nSPS) is 10.8. The molecule has 11 heteroatoms. The molecule has 1 amide bonds. The summed E-state index contributed by atoms with van der Waals surface area (Å²) in [4.78, 5) is 35.4. The number of esters is 1. The van der Waals surface area contributed by atoms with Gasteiger partial charge in [-0.15, -0.1) is 4.36 Å². The Morgan fingerprint density at radius 2 is 1.74 bits per heavy atom. The van der Waals surface area contributed by atoms with Gasteiger partial charge in [-0.25, -0.2) is 0 Å². The van der Waals surface area contributed by atoms with Crippen LogP contribution in [-0.2, 0) is 20.1 Å². The highest BCUT2D eigenvalue weighted by Gasteiger charge is 2.24. The molecule has 0 aliphatic carbocycles. The number of carbonyl (C=O) groups excluding carboxylic acids is 2. The molecule has 0 spiro atoms. The minimum absolute atomic E-state index is 0.0316. The number of ether oxygens (including phenoxy) is 1. The molecule has 0 aliphatic heterocycles. The van der Waals surface area contributed by atoms with Crippen LogP contribution in [-0.4, -0.2) is 37.9 Å². The maximum atomic E-state index is 12.6. The summed E-state index contributed by atoms with van der Waals surface area (Å²) in [6.07, 6.45) is 0. The topological polar surface area (TPSA) is 139 Å². The van der Waals surface area contributed by atoms with Crippen LogP contribution in [0.3, 0.4) is 0 Å². The molecule has 2 rings (SSSR count). The van der Waals surface area contributed by atoms with E-state index in [9.17, 15) is 22.8 Å². The Hall–Kier alpha value is -3.24. The molecule has 0 heterocycles. The second-order valence-corrected chi connectivity index (χ2v) is 8.45. The minimum Gasteiger partial charge on any atom is -0.480 e. The number of amides is 1. The summed E-state index contributed by atoms with van der Waals surface area (Å²) in [5, 5.41) is 11.0. The largest absolute Gasteiger partial charge is 0.480 e. The fourth-order valence-corrected chi connectivity index (χ4v) is 2.95. The number of carboxylic acid groups (broad SMARTS) is 1. The molecule has 0 saturated heterocycles. The lowest BCUT2D eigenvalue weighted by molar-refractivity contribution is -0.143. The summed E-state index contributed by atoms with van der Waals surface area (Å²) >= 11 is 6.01. The van der Waals surface area contributed by atoms with E-state index >= 15 is 0 Å². The Morgan fingerprint density at radius 3 is 2.26 bits per heavy atom. The van der Waals surface area contributed by atoms with Crippen molar-refractivity contribution in [3.8, 4) is 16.9 Å². The Labute approximate surface area is 184 Å². The van der Waals surface area contributed by atoms with E-state index in [2.05, 4.69) is 9.68 Å². The summed E-state index contributed by atoms with van der Waals surface area (Å²) in [6.45, 7) is 4.47. The Kier molecular flexibility index (Phi) is 7.53. The van der Waals surface area contributed by atoms with Gasteiger partial charge in [-0.05, 0) is 50.6 Å². The van der Waals surface area contributed by atoms with Crippen molar-refractivity contribution in [2.24, 2.45) is 9.78 Å². The first-order valence-corrected chi connectivity index (χ1v) is 10.3. The molecule has 9 nitrogen and oxygen atoms in total. The van der Waals surface area contributed by atoms with Crippen LogP contribution in [0.15, 0.2) is 40.8 Å². The van der Waals surface area contributed by atoms with Crippen LogP contribution in [0.5, 0.6) is 5.75 Å². The van der Waals surface area contributed by atoms with E-state index < -0.39 is 40.3 Å². The summed E-state index contributed by atoms with van der Waals surface area (Å²) in [6, 6.07) is 8.50. The van der Waals surface area contributed by atoms with Gasteiger partial charge in [0.05, 0.1) is 16.7 Å². The highest BCUT2D eigenvalue weighted by atomic mass is 35.5. The average molecular weight is 467 g/mol. The second kappa shape index (κ2) is 9.71. The Balaban J connectivity index is 2.57. The van der Waals surface area contributed by atoms with E-state index in [0.717, 1.165) is 0 Å². The van der Waals surface area contributed by atoms with Crippen LogP contribution < -0.4 is 10.1 Å². The van der Waals surface area contributed by atoms with Gasteiger partial charge in [0.25, 0.3) is 5.91 Å². The van der Waals surface area contributed by atoms with E-state index in [1.54, 1.807) is 20.8 Å². The third-order valence-corrected chi connectivity index (χ3v) is 4.43. The number of carboxylic acids is 1. The number of aliphatic carboxylic acids is 1. The van der Waals surface area contributed by atoms with Gasteiger partial charge in [0.2, 0.25) is 0 Å². The summed E-state index contributed by atoms with van der Waals surface area (Å²) in [5.74, 6) is -2.23. The minimum atomic E-state index is -2.84. The first-order valence-electron chi connectivity index (χ1n) is 8.86. The predicted octanol–water partition coefficient (Wildman–Crippen LogP) is 3.47. The third-order valence-electron chi connectivity index (χ3n) is 3.87. The lowest BCUT2D eigenvalue weighted by Gasteiger charge is -2.17. The number of carbonyl (C=O) groups is 3. The zero-order valence-corrected chi connectivity index (χ0v) is 18.4. The highest BCUT2D eigenvalue weighted by molar-refractivity contribution is 7.61. The zero-order chi connectivity index (χ0) is 23.3. The summed E-state index contributed by atoms with van der Waals surface area (Å²) < 4.78 is 31.2. The molecule has 0 aliphatic rings. The van der Waals surface area contributed by atoms with E-state index in [1.165, 1.54) is 36.4 Å². The molecule has 0 fully saturated rings. The van der Waals surface area contributed by atoms with E-state index in [1.807, 2.05) is 0 Å². The number of nitrogens with one attached hydrogen (secondary N) is 1. The number of nitrogens with zero attached hydrogens (tertiary/aromatic N) is 1. The van der Waals surface area contributed by atoms with Crippen molar-refractivity contribution in [3.05, 3.63) is 47.0 Å². The van der Waals surface area contributed by atoms with Gasteiger partial charge in [0.15, 0.2) is 0 Å². The zero-order valence-electron chi connectivity index (χ0n) is 16.8. The van der Waals surface area contributed by atoms with Crippen molar-refractivity contribution < 1.29 is 32.6 Å². The van der Waals surface area contributed by atoms with Gasteiger partial charge in [0.1, 0.15) is 12.3 Å². The van der Waals surface area contributed by atoms with Crippen LogP contribution in [0.25, 0.3) is 11.1 Å². The molecular formula is C20H19ClN2O7S. The van der Waals surface area contributed by atoms with Gasteiger partial charge in [-0.2, -0.15) is 8.42 Å². The number of rotatable bonds is 6. The van der Waals surface area contributed by atoms with E-state index in [-0.39, 0.29) is 27.6 Å². The van der Waals surface area contributed by atoms with Crippen LogP contribution >= 0.6 is 11.6 Å². The predicted molar refractivity (Wildman–Crippen MR) is 113 cm³/mol. The fourth-order valence-electron chi connectivity index (χ4n) is 2.43. The molecule has 0 aromatic heterocycles. The molecule has 0 atom stereocenters. The van der Waals surface area contributed by atoms with Gasteiger partial charge in [-0.3, -0.25) is 14.4 Å². The maximum Gasteiger partial charge on any atom is 0.322 e. The lowest BCUT2D eigenvalue weighted by atomic mass is 9.96. The van der Waals surface area contributed by atoms with Crippen molar-refractivity contribution in [3.63, 3.8) is 0 Å². The van der Waals surface area contributed by atoms with Crippen LogP contribution in [0, 0.1) is 5.41 Å². The van der Waals surface area contributed by atoms with Gasteiger partial charge in [-0.1, -0.05) is 23.7 Å². The van der Waals surface area contributed by atoms with Crippen LogP contribution in [0.1, 0.15) is 31.1 Å². The lowest BCUT2D eigenvalue weighted by Crippen LogP contribution is -2.29. The Morgan fingerprint density at radius 1 is 1.13 bits per heavy atom. The van der Waals surface area contributed by atoms with Gasteiger partial charge >= 0.3 is 22.4 Å². The molecule has 2 N–H and O–H groups in total. The SMILES string of the molecule is CC(C)(C)C(=O)Oc1ccc(-c2c(N=S(=O)=O)cc(Cl)cc2C(=O)NCC(=O)O)cc1. The molecule has 2 aromatic carbocycles. The first-order chi connectivity index (χ1) is 14.4. The van der Waals surface area contributed by atoms with E-state index in [0.29, 0.717) is 5.56 Å². The van der Waals surface area contributed by atoms with Crippen molar-refractivity contribution in [2.45, 2.75) is 20.8 Å². The summed E-state index contributed by atoms with van der Waals surface area (Å²) in [5.41, 5.74) is -0.408. The van der Waals surface area contributed by atoms with Crippen LogP contribution in [0.4, 0.5) is 5.69 Å². The van der Waals surface area contributed by atoms with E-state index in [4.69, 9.17) is 21.4 Å². The Bertz CT molecular complexity index is 1160. The molecule has 0 saturated carbocycles.